The number of carbonyl (C=O) groups is 1. The Labute approximate surface area is 251 Å². The van der Waals surface area contributed by atoms with E-state index in [1.54, 1.807) is 33.5 Å². The molecule has 0 bridgehead atoms. The van der Waals surface area contributed by atoms with Gasteiger partial charge in [0.05, 0.1) is 28.3 Å². The predicted molar refractivity (Wildman–Crippen MR) is 164 cm³/mol. The number of anilines is 1. The van der Waals surface area contributed by atoms with Crippen LogP contribution in [-0.4, -0.2) is 80.5 Å². The Morgan fingerprint density at radius 2 is 1.88 bits per heavy atom. The number of amides is 1. The lowest BCUT2D eigenvalue weighted by atomic mass is 10.1. The highest BCUT2D eigenvalue weighted by molar-refractivity contribution is 7.89. The van der Waals surface area contributed by atoms with E-state index >= 15 is 0 Å². The molecular weight excluding hydrogens is 591 g/mol. The van der Waals surface area contributed by atoms with Crippen molar-refractivity contribution >= 4 is 66.6 Å². The number of carbonyl (C=O) groups excluding carboxylic acids is 1. The van der Waals surface area contributed by atoms with Crippen molar-refractivity contribution in [3.63, 3.8) is 0 Å². The second-order valence-electron chi connectivity index (χ2n) is 10.3. The monoisotopic (exact) mass is 626 g/mol. The zero-order valence-corrected chi connectivity index (χ0v) is 26.0. The largest absolute Gasteiger partial charge is 0.379 e. The van der Waals surface area contributed by atoms with Gasteiger partial charge in [0, 0.05) is 49.4 Å². The number of hydrogen-bond donors (Lipinski definition) is 0. The number of morpholine rings is 1. The van der Waals surface area contributed by atoms with Crippen molar-refractivity contribution < 1.29 is 17.9 Å². The molecular formula is C28H36Cl2N4O4S2. The molecule has 0 saturated carbocycles. The fourth-order valence-corrected chi connectivity index (χ4v) is 8.45. The summed E-state index contributed by atoms with van der Waals surface area (Å²) in [5.74, 6) is -0.199. The van der Waals surface area contributed by atoms with Gasteiger partial charge in [-0.05, 0) is 75.1 Å². The topological polar surface area (TPSA) is 83.0 Å². The van der Waals surface area contributed by atoms with Crippen LogP contribution in [0.4, 0.5) is 5.13 Å². The van der Waals surface area contributed by atoms with Gasteiger partial charge in [-0.15, -0.1) is 12.4 Å². The zero-order valence-electron chi connectivity index (χ0n) is 22.8. The molecule has 40 heavy (non-hydrogen) atoms. The van der Waals surface area contributed by atoms with Crippen LogP contribution in [0.2, 0.25) is 5.02 Å². The molecule has 3 heterocycles. The normalized spacial score (nSPS) is 18.9. The Balaban J connectivity index is 0.00000370. The lowest BCUT2D eigenvalue weighted by Crippen LogP contribution is -2.41. The molecule has 0 aliphatic carbocycles. The van der Waals surface area contributed by atoms with Gasteiger partial charge in [0.25, 0.3) is 5.91 Å². The van der Waals surface area contributed by atoms with Gasteiger partial charge >= 0.3 is 0 Å². The summed E-state index contributed by atoms with van der Waals surface area (Å²) < 4.78 is 34.5. The summed E-state index contributed by atoms with van der Waals surface area (Å²) in [5.41, 5.74) is 2.23. The number of sulfonamides is 1. The highest BCUT2D eigenvalue weighted by Gasteiger charge is 2.31. The number of nitrogens with zero attached hydrogens (tertiary/aromatic N) is 4. The SMILES string of the molecule is Cc1cc(Cl)cc2sc(N(CCCN3CCOCC3)C(=O)c3ccc(S(=O)(=O)N4CCCCC4C)cc3)nc12.Cl. The van der Waals surface area contributed by atoms with Crippen molar-refractivity contribution in [1.29, 1.82) is 0 Å². The minimum atomic E-state index is -3.61. The first-order valence-electron chi connectivity index (χ1n) is 13.5. The molecule has 2 aliphatic rings. The molecule has 2 aliphatic heterocycles. The number of thiazole rings is 1. The molecule has 2 aromatic carbocycles. The van der Waals surface area contributed by atoms with Crippen LogP contribution < -0.4 is 4.90 Å². The first kappa shape index (κ1) is 31.2. The summed E-state index contributed by atoms with van der Waals surface area (Å²) in [4.78, 5) is 22.9. The van der Waals surface area contributed by atoms with Gasteiger partial charge in [-0.2, -0.15) is 4.31 Å². The maximum absolute atomic E-state index is 13.8. The number of hydrogen-bond acceptors (Lipinski definition) is 7. The minimum Gasteiger partial charge on any atom is -0.379 e. The molecule has 1 unspecified atom stereocenters. The van der Waals surface area contributed by atoms with Crippen LogP contribution >= 0.6 is 35.3 Å². The summed E-state index contributed by atoms with van der Waals surface area (Å²) in [5, 5.41) is 1.25. The van der Waals surface area contributed by atoms with Gasteiger partial charge in [0.2, 0.25) is 10.0 Å². The number of halogens is 2. The molecule has 2 saturated heterocycles. The Bertz CT molecular complexity index is 1430. The maximum atomic E-state index is 13.8. The van der Waals surface area contributed by atoms with Crippen molar-refractivity contribution in [2.45, 2.75) is 50.5 Å². The smallest absolute Gasteiger partial charge is 0.260 e. The molecule has 218 valence electrons. The summed E-state index contributed by atoms with van der Waals surface area (Å²) in [7, 11) is -3.61. The van der Waals surface area contributed by atoms with E-state index in [4.69, 9.17) is 21.3 Å². The van der Waals surface area contributed by atoms with E-state index in [9.17, 15) is 13.2 Å². The van der Waals surface area contributed by atoms with Crippen molar-refractivity contribution in [2.24, 2.45) is 0 Å². The van der Waals surface area contributed by atoms with Gasteiger partial charge in [0.15, 0.2) is 5.13 Å². The number of fused-ring (bicyclic) bond motifs is 1. The summed E-state index contributed by atoms with van der Waals surface area (Å²) in [6.07, 6.45) is 3.55. The molecule has 0 radical (unpaired) electrons. The highest BCUT2D eigenvalue weighted by atomic mass is 35.5. The number of benzene rings is 2. The second-order valence-corrected chi connectivity index (χ2v) is 13.7. The number of aromatic nitrogens is 1. The van der Waals surface area contributed by atoms with Gasteiger partial charge in [-0.1, -0.05) is 29.4 Å². The molecule has 3 aromatic rings. The zero-order chi connectivity index (χ0) is 27.6. The van der Waals surface area contributed by atoms with Crippen molar-refractivity contribution in [3.8, 4) is 0 Å². The Morgan fingerprint density at radius 1 is 1.15 bits per heavy atom. The average Bonchev–Trinajstić information content (AvgIpc) is 3.35. The van der Waals surface area contributed by atoms with Crippen LogP contribution in [0, 0.1) is 6.92 Å². The third kappa shape index (κ3) is 6.81. The molecule has 1 atom stereocenters. The van der Waals surface area contributed by atoms with Crippen molar-refractivity contribution in [2.75, 3.05) is 50.8 Å². The van der Waals surface area contributed by atoms with Crippen LogP contribution in [0.15, 0.2) is 41.3 Å². The van der Waals surface area contributed by atoms with Crippen LogP contribution in [0.1, 0.15) is 48.5 Å². The average molecular weight is 628 g/mol. The molecule has 0 N–H and O–H groups in total. The van der Waals surface area contributed by atoms with Gasteiger partial charge in [-0.3, -0.25) is 14.6 Å². The first-order chi connectivity index (χ1) is 18.7. The number of rotatable bonds is 8. The van der Waals surface area contributed by atoms with E-state index in [2.05, 4.69) is 4.90 Å². The molecule has 2 fully saturated rings. The lowest BCUT2D eigenvalue weighted by molar-refractivity contribution is 0.0376. The quantitative estimate of drug-likeness (QED) is 0.323. The third-order valence-electron chi connectivity index (χ3n) is 7.52. The second kappa shape index (κ2) is 13.5. The van der Waals surface area contributed by atoms with E-state index in [0.717, 1.165) is 74.3 Å². The third-order valence-corrected chi connectivity index (χ3v) is 10.8. The van der Waals surface area contributed by atoms with Crippen LogP contribution in [0.5, 0.6) is 0 Å². The minimum absolute atomic E-state index is 0. The predicted octanol–water partition coefficient (Wildman–Crippen LogP) is 5.61. The lowest BCUT2D eigenvalue weighted by Gasteiger charge is -2.32. The standard InChI is InChI=1S/C28H35ClN4O4S2.ClH/c1-20-18-23(29)19-25-26(20)30-28(38-25)32(12-5-11-31-14-16-37-17-15-31)27(34)22-7-9-24(10-8-22)39(35,36)33-13-4-3-6-21(33)2;/h7-10,18-19,21H,3-6,11-17H2,1-2H3;1H. The van der Waals surface area contributed by atoms with Gasteiger partial charge < -0.3 is 4.74 Å². The summed E-state index contributed by atoms with van der Waals surface area (Å²) in [6.45, 7) is 9.03. The molecule has 12 heteroatoms. The Morgan fingerprint density at radius 3 is 2.58 bits per heavy atom. The van der Waals surface area contributed by atoms with E-state index in [0.29, 0.717) is 28.8 Å². The van der Waals surface area contributed by atoms with Crippen molar-refractivity contribution in [3.05, 3.63) is 52.5 Å². The van der Waals surface area contributed by atoms with Gasteiger partial charge in [-0.25, -0.2) is 13.4 Å². The van der Waals surface area contributed by atoms with E-state index in [1.807, 2.05) is 26.0 Å². The Kier molecular flexibility index (Phi) is 10.5. The molecule has 1 amide bonds. The number of ether oxygens (including phenoxy) is 1. The van der Waals surface area contributed by atoms with E-state index in [-0.39, 0.29) is 29.3 Å². The van der Waals surface area contributed by atoms with Crippen LogP contribution in [0.3, 0.4) is 0 Å². The van der Waals surface area contributed by atoms with E-state index in [1.165, 1.54) is 11.3 Å². The molecule has 1 aromatic heterocycles. The summed E-state index contributed by atoms with van der Waals surface area (Å²) >= 11 is 7.73. The fraction of sp³-hybridized carbons (Fsp3) is 0.500. The molecule has 0 spiro atoms. The van der Waals surface area contributed by atoms with E-state index < -0.39 is 10.0 Å². The fourth-order valence-electron chi connectivity index (χ4n) is 5.31. The van der Waals surface area contributed by atoms with Crippen LogP contribution in [0.25, 0.3) is 10.2 Å². The van der Waals surface area contributed by atoms with Crippen LogP contribution in [-0.2, 0) is 14.8 Å². The number of piperidine rings is 1. The molecule has 5 rings (SSSR count). The van der Waals surface area contributed by atoms with Gasteiger partial charge in [0.1, 0.15) is 0 Å². The number of aryl methyl sites for hydroxylation is 1. The van der Waals surface area contributed by atoms with Crippen molar-refractivity contribution in [1.82, 2.24) is 14.2 Å². The highest BCUT2D eigenvalue weighted by Crippen LogP contribution is 2.34. The maximum Gasteiger partial charge on any atom is 0.260 e. The Hall–Kier alpha value is -1.79. The summed E-state index contributed by atoms with van der Waals surface area (Å²) in [6, 6.07) is 10.1. The molecule has 8 nitrogen and oxygen atoms in total. The first-order valence-corrected chi connectivity index (χ1v) is 16.2.